The lowest BCUT2D eigenvalue weighted by atomic mass is 10.0. The van der Waals surface area contributed by atoms with E-state index >= 15 is 0 Å². The molecule has 2 unspecified atom stereocenters. The Morgan fingerprint density at radius 2 is 2.00 bits per heavy atom. The SMILES string of the molecule is COCC1CCCN1C(c1ccccc1C(=O)OC)N1CCOCC1. The van der Waals surface area contributed by atoms with E-state index in [4.69, 9.17) is 14.2 Å². The zero-order valence-electron chi connectivity index (χ0n) is 15.1. The molecule has 1 aromatic rings. The highest BCUT2D eigenvalue weighted by atomic mass is 16.5. The zero-order valence-corrected chi connectivity index (χ0v) is 15.1. The Balaban J connectivity index is 1.98. The molecular weight excluding hydrogens is 320 g/mol. The third-order valence-corrected chi connectivity index (χ3v) is 5.13. The molecule has 25 heavy (non-hydrogen) atoms. The molecule has 0 radical (unpaired) electrons. The van der Waals surface area contributed by atoms with Crippen molar-refractivity contribution in [3.05, 3.63) is 35.4 Å². The van der Waals surface area contributed by atoms with Gasteiger partial charge in [0.2, 0.25) is 0 Å². The standard InChI is InChI=1S/C19H28N2O4/c1-23-14-15-6-5-9-21(15)18(20-10-12-25-13-11-20)16-7-3-4-8-17(16)19(22)24-2/h3-4,7-8,15,18H,5-6,9-14H2,1-2H3. The van der Waals surface area contributed by atoms with Gasteiger partial charge in [0, 0.05) is 32.8 Å². The van der Waals surface area contributed by atoms with E-state index in [2.05, 4.69) is 15.9 Å². The maximum Gasteiger partial charge on any atom is 0.338 e. The third-order valence-electron chi connectivity index (χ3n) is 5.13. The average molecular weight is 348 g/mol. The lowest BCUT2D eigenvalue weighted by Gasteiger charge is -2.42. The monoisotopic (exact) mass is 348 g/mol. The summed E-state index contributed by atoms with van der Waals surface area (Å²) in [7, 11) is 3.19. The van der Waals surface area contributed by atoms with Crippen LogP contribution in [0.15, 0.2) is 24.3 Å². The number of nitrogens with zero attached hydrogens (tertiary/aromatic N) is 2. The molecule has 0 spiro atoms. The summed E-state index contributed by atoms with van der Waals surface area (Å²) in [5, 5.41) is 0. The number of carbonyl (C=O) groups is 1. The van der Waals surface area contributed by atoms with Crippen LogP contribution in [-0.4, -0.2) is 75.5 Å². The van der Waals surface area contributed by atoms with E-state index in [0.717, 1.165) is 51.3 Å². The van der Waals surface area contributed by atoms with E-state index in [-0.39, 0.29) is 12.1 Å². The van der Waals surface area contributed by atoms with Crippen LogP contribution in [0.4, 0.5) is 0 Å². The number of benzene rings is 1. The van der Waals surface area contributed by atoms with Gasteiger partial charge >= 0.3 is 5.97 Å². The van der Waals surface area contributed by atoms with Crippen LogP contribution in [0.2, 0.25) is 0 Å². The molecule has 2 aliphatic heterocycles. The fourth-order valence-electron chi connectivity index (χ4n) is 3.98. The number of ether oxygens (including phenoxy) is 3. The first kappa shape index (κ1) is 18.3. The average Bonchev–Trinajstić information content (AvgIpc) is 3.11. The van der Waals surface area contributed by atoms with Crippen LogP contribution >= 0.6 is 0 Å². The quantitative estimate of drug-likeness (QED) is 0.732. The first-order chi connectivity index (χ1) is 12.3. The molecule has 1 aromatic carbocycles. The number of rotatable bonds is 6. The van der Waals surface area contributed by atoms with Crippen molar-refractivity contribution >= 4 is 5.97 Å². The molecule has 2 saturated heterocycles. The number of hydrogen-bond acceptors (Lipinski definition) is 6. The van der Waals surface area contributed by atoms with E-state index in [0.29, 0.717) is 18.2 Å². The highest BCUT2D eigenvalue weighted by Crippen LogP contribution is 2.34. The van der Waals surface area contributed by atoms with Gasteiger partial charge in [-0.25, -0.2) is 4.79 Å². The lowest BCUT2D eigenvalue weighted by Crippen LogP contribution is -2.49. The van der Waals surface area contributed by atoms with Crippen molar-refractivity contribution in [1.29, 1.82) is 0 Å². The van der Waals surface area contributed by atoms with Crippen LogP contribution in [0.25, 0.3) is 0 Å². The smallest absolute Gasteiger partial charge is 0.338 e. The summed E-state index contributed by atoms with van der Waals surface area (Å²) in [6.07, 6.45) is 2.31. The molecule has 138 valence electrons. The zero-order chi connectivity index (χ0) is 17.6. The molecule has 2 heterocycles. The van der Waals surface area contributed by atoms with Gasteiger partial charge < -0.3 is 14.2 Å². The number of methoxy groups -OCH3 is 2. The van der Waals surface area contributed by atoms with E-state index in [9.17, 15) is 4.79 Å². The Kier molecular flexibility index (Phi) is 6.42. The molecule has 6 heteroatoms. The van der Waals surface area contributed by atoms with Crippen molar-refractivity contribution in [2.45, 2.75) is 25.0 Å². The van der Waals surface area contributed by atoms with Crippen molar-refractivity contribution < 1.29 is 19.0 Å². The van der Waals surface area contributed by atoms with Crippen molar-refractivity contribution in [3.63, 3.8) is 0 Å². The van der Waals surface area contributed by atoms with Gasteiger partial charge in [0.1, 0.15) is 0 Å². The van der Waals surface area contributed by atoms with Gasteiger partial charge in [-0.3, -0.25) is 9.80 Å². The first-order valence-electron chi connectivity index (χ1n) is 9.00. The normalized spacial score (nSPS) is 23.5. The molecule has 0 N–H and O–H groups in total. The van der Waals surface area contributed by atoms with Gasteiger partial charge in [-0.15, -0.1) is 0 Å². The molecule has 3 rings (SSSR count). The summed E-state index contributed by atoms with van der Waals surface area (Å²) in [4.78, 5) is 17.2. The minimum absolute atomic E-state index is 0.0434. The van der Waals surface area contributed by atoms with Gasteiger partial charge in [-0.2, -0.15) is 0 Å². The predicted octanol–water partition coefficient (Wildman–Crippen LogP) is 1.91. The maximum atomic E-state index is 12.3. The summed E-state index contributed by atoms with van der Waals surface area (Å²) >= 11 is 0. The molecular formula is C19H28N2O4. The molecule has 6 nitrogen and oxygen atoms in total. The van der Waals surface area contributed by atoms with Crippen molar-refractivity contribution in [1.82, 2.24) is 9.80 Å². The highest BCUT2D eigenvalue weighted by Gasteiger charge is 2.37. The van der Waals surface area contributed by atoms with Crippen LogP contribution < -0.4 is 0 Å². The van der Waals surface area contributed by atoms with Crippen molar-refractivity contribution in [3.8, 4) is 0 Å². The van der Waals surface area contributed by atoms with Crippen LogP contribution in [0.3, 0.4) is 0 Å². The maximum absolute atomic E-state index is 12.3. The predicted molar refractivity (Wildman–Crippen MR) is 94.5 cm³/mol. The van der Waals surface area contributed by atoms with E-state index in [1.54, 1.807) is 7.11 Å². The minimum atomic E-state index is -0.281. The number of hydrogen-bond donors (Lipinski definition) is 0. The van der Waals surface area contributed by atoms with E-state index in [1.807, 2.05) is 18.2 Å². The molecule has 2 atom stereocenters. The summed E-state index contributed by atoms with van der Waals surface area (Å²) in [5.41, 5.74) is 1.66. The molecule has 2 fully saturated rings. The van der Waals surface area contributed by atoms with E-state index in [1.165, 1.54) is 7.11 Å². The topological polar surface area (TPSA) is 51.2 Å². The minimum Gasteiger partial charge on any atom is -0.465 e. The molecule has 0 aliphatic carbocycles. The Bertz CT molecular complexity index is 574. The largest absolute Gasteiger partial charge is 0.465 e. The van der Waals surface area contributed by atoms with Gasteiger partial charge in [0.15, 0.2) is 0 Å². The van der Waals surface area contributed by atoms with Gasteiger partial charge in [-0.05, 0) is 24.5 Å². The Hall–Kier alpha value is -1.47. The second kappa shape index (κ2) is 8.76. The Morgan fingerprint density at radius 3 is 2.72 bits per heavy atom. The van der Waals surface area contributed by atoms with Crippen LogP contribution in [0, 0.1) is 0 Å². The molecule has 0 bridgehead atoms. The summed E-state index contributed by atoms with van der Waals surface area (Å²) in [6.45, 7) is 4.87. The summed E-state index contributed by atoms with van der Waals surface area (Å²) in [5.74, 6) is -0.281. The van der Waals surface area contributed by atoms with Gasteiger partial charge in [-0.1, -0.05) is 18.2 Å². The van der Waals surface area contributed by atoms with Crippen molar-refractivity contribution in [2.75, 3.05) is 53.7 Å². The second-order valence-electron chi connectivity index (χ2n) is 6.59. The van der Waals surface area contributed by atoms with Crippen LogP contribution in [-0.2, 0) is 14.2 Å². The number of morpholine rings is 1. The Labute approximate surface area is 149 Å². The van der Waals surface area contributed by atoms with E-state index < -0.39 is 0 Å². The fourth-order valence-corrected chi connectivity index (χ4v) is 3.98. The highest BCUT2D eigenvalue weighted by molar-refractivity contribution is 5.91. The number of likely N-dealkylation sites (tertiary alicyclic amines) is 1. The molecule has 0 aromatic heterocycles. The molecule has 0 saturated carbocycles. The van der Waals surface area contributed by atoms with Crippen LogP contribution in [0.1, 0.15) is 34.9 Å². The molecule has 2 aliphatic rings. The summed E-state index contributed by atoms with van der Waals surface area (Å²) in [6, 6.07) is 8.16. The van der Waals surface area contributed by atoms with Crippen LogP contribution in [0.5, 0.6) is 0 Å². The number of carbonyl (C=O) groups excluding carboxylic acids is 1. The Morgan fingerprint density at radius 1 is 1.24 bits per heavy atom. The first-order valence-corrected chi connectivity index (χ1v) is 9.00. The third kappa shape index (κ3) is 4.03. The molecule has 0 amide bonds. The summed E-state index contributed by atoms with van der Waals surface area (Å²) < 4.78 is 16.0. The second-order valence-corrected chi connectivity index (χ2v) is 6.59. The van der Waals surface area contributed by atoms with Crippen molar-refractivity contribution in [2.24, 2.45) is 0 Å². The fraction of sp³-hybridized carbons (Fsp3) is 0.632. The number of esters is 1. The van der Waals surface area contributed by atoms with Gasteiger partial charge in [0.25, 0.3) is 0 Å². The van der Waals surface area contributed by atoms with Gasteiger partial charge in [0.05, 0.1) is 38.7 Å². The lowest BCUT2D eigenvalue weighted by molar-refractivity contribution is -0.0479.